The quantitative estimate of drug-likeness (QED) is 0.910. The second-order valence-electron chi connectivity index (χ2n) is 4.80. The van der Waals surface area contributed by atoms with Gasteiger partial charge in [-0.3, -0.25) is 4.79 Å². The van der Waals surface area contributed by atoms with E-state index in [2.05, 4.69) is 12.2 Å². The number of benzene rings is 2. The van der Waals surface area contributed by atoms with E-state index in [1.165, 1.54) is 11.6 Å². The molecule has 0 unspecified atom stereocenters. The van der Waals surface area contributed by atoms with Crippen LogP contribution in [0.5, 0.6) is 5.75 Å². The average Bonchev–Trinajstić information content (AvgIpc) is 2.49. The van der Waals surface area contributed by atoms with Gasteiger partial charge in [-0.15, -0.1) is 0 Å². The van der Waals surface area contributed by atoms with E-state index >= 15 is 0 Å². The second kappa shape index (κ2) is 6.88. The van der Waals surface area contributed by atoms with Gasteiger partial charge in [0.1, 0.15) is 11.6 Å². The van der Waals surface area contributed by atoms with Crippen molar-refractivity contribution in [3.8, 4) is 5.75 Å². The maximum Gasteiger partial charge on any atom is 0.262 e. The third-order valence-electron chi connectivity index (χ3n) is 3.16. The zero-order valence-corrected chi connectivity index (χ0v) is 12.2. The highest BCUT2D eigenvalue weighted by molar-refractivity contribution is 5.91. The Morgan fingerprint density at radius 3 is 2.52 bits per heavy atom. The fraction of sp³-hybridized carbons (Fsp3) is 0.235. The van der Waals surface area contributed by atoms with E-state index in [0.717, 1.165) is 6.42 Å². The Bertz CT molecular complexity index is 623. The predicted octanol–water partition coefficient (Wildman–Crippen LogP) is 3.71. The van der Waals surface area contributed by atoms with Crippen LogP contribution < -0.4 is 10.1 Å². The van der Waals surface area contributed by atoms with Gasteiger partial charge in [-0.25, -0.2) is 4.39 Å². The lowest BCUT2D eigenvalue weighted by molar-refractivity contribution is -0.118. The highest BCUT2D eigenvalue weighted by Crippen LogP contribution is 2.14. The topological polar surface area (TPSA) is 38.3 Å². The molecule has 0 fully saturated rings. The minimum Gasteiger partial charge on any atom is -0.484 e. The van der Waals surface area contributed by atoms with Crippen LogP contribution in [0.3, 0.4) is 0 Å². The molecular weight excluding hydrogens is 269 g/mol. The maximum absolute atomic E-state index is 13.4. The number of amides is 1. The van der Waals surface area contributed by atoms with Crippen molar-refractivity contribution in [1.82, 2.24) is 0 Å². The molecule has 2 aromatic carbocycles. The molecule has 1 N–H and O–H groups in total. The zero-order chi connectivity index (χ0) is 15.2. The lowest BCUT2D eigenvalue weighted by Crippen LogP contribution is -2.20. The summed E-state index contributed by atoms with van der Waals surface area (Å²) in [6.45, 7) is 3.63. The number of carbonyl (C=O) groups is 1. The van der Waals surface area contributed by atoms with E-state index in [4.69, 9.17) is 4.74 Å². The normalized spacial score (nSPS) is 10.2. The van der Waals surface area contributed by atoms with Crippen molar-refractivity contribution < 1.29 is 13.9 Å². The number of hydrogen-bond donors (Lipinski definition) is 1. The summed E-state index contributed by atoms with van der Waals surface area (Å²) >= 11 is 0. The van der Waals surface area contributed by atoms with Crippen molar-refractivity contribution in [1.29, 1.82) is 0 Å². The summed E-state index contributed by atoms with van der Waals surface area (Å²) in [7, 11) is 0. The highest BCUT2D eigenvalue weighted by Gasteiger charge is 2.05. The van der Waals surface area contributed by atoms with Gasteiger partial charge in [-0.1, -0.05) is 25.1 Å². The number of carbonyl (C=O) groups excluding carboxylic acids is 1. The van der Waals surface area contributed by atoms with E-state index in [1.807, 2.05) is 24.3 Å². The van der Waals surface area contributed by atoms with Gasteiger partial charge < -0.3 is 10.1 Å². The van der Waals surface area contributed by atoms with Crippen molar-refractivity contribution in [2.45, 2.75) is 20.3 Å². The van der Waals surface area contributed by atoms with E-state index in [0.29, 0.717) is 17.0 Å². The number of halogens is 1. The first-order valence-corrected chi connectivity index (χ1v) is 6.86. The predicted molar refractivity (Wildman–Crippen MR) is 81.1 cm³/mol. The molecule has 0 aliphatic heterocycles. The number of rotatable bonds is 5. The molecule has 4 heteroatoms. The van der Waals surface area contributed by atoms with E-state index in [1.54, 1.807) is 19.1 Å². The smallest absolute Gasteiger partial charge is 0.262 e. The van der Waals surface area contributed by atoms with Gasteiger partial charge in [0.05, 0.1) is 0 Å². The lowest BCUT2D eigenvalue weighted by Gasteiger charge is -2.08. The first-order chi connectivity index (χ1) is 10.1. The van der Waals surface area contributed by atoms with Crippen LogP contribution in [0.4, 0.5) is 10.1 Å². The minimum absolute atomic E-state index is 0.110. The maximum atomic E-state index is 13.4. The van der Waals surface area contributed by atoms with Crippen molar-refractivity contribution in [2.75, 3.05) is 11.9 Å². The first kappa shape index (κ1) is 15.0. The van der Waals surface area contributed by atoms with E-state index in [-0.39, 0.29) is 18.3 Å². The molecule has 1 amide bonds. The summed E-state index contributed by atoms with van der Waals surface area (Å²) in [6.07, 6.45) is 0.958. The molecule has 0 heterocycles. The Kier molecular flexibility index (Phi) is 4.93. The fourth-order valence-electron chi connectivity index (χ4n) is 1.84. The molecule has 0 saturated heterocycles. The number of anilines is 1. The van der Waals surface area contributed by atoms with Crippen LogP contribution in [0.15, 0.2) is 42.5 Å². The van der Waals surface area contributed by atoms with Crippen molar-refractivity contribution in [2.24, 2.45) is 0 Å². The molecule has 0 spiro atoms. The Labute approximate surface area is 123 Å². The minimum atomic E-state index is -0.344. The number of ether oxygens (including phenoxy) is 1. The van der Waals surface area contributed by atoms with Crippen LogP contribution >= 0.6 is 0 Å². The summed E-state index contributed by atoms with van der Waals surface area (Å²) in [5.74, 6) is -0.0286. The van der Waals surface area contributed by atoms with Gasteiger partial charge in [0.2, 0.25) is 0 Å². The Hall–Kier alpha value is -2.36. The summed E-state index contributed by atoms with van der Waals surface area (Å²) in [4.78, 5) is 11.7. The van der Waals surface area contributed by atoms with Gasteiger partial charge in [-0.05, 0) is 48.7 Å². The van der Waals surface area contributed by atoms with Crippen LogP contribution in [-0.4, -0.2) is 12.5 Å². The van der Waals surface area contributed by atoms with Crippen molar-refractivity contribution >= 4 is 11.6 Å². The standard InChI is InChI=1S/C17H18FNO2/c1-3-13-5-8-15(9-6-13)21-11-17(20)19-14-7-4-12(2)16(18)10-14/h4-10H,3,11H2,1-2H3,(H,19,20). The van der Waals surface area contributed by atoms with Gasteiger partial charge in [0.15, 0.2) is 6.61 Å². The molecule has 0 atom stereocenters. The van der Waals surface area contributed by atoms with Gasteiger partial charge in [0, 0.05) is 5.69 Å². The summed E-state index contributed by atoms with van der Waals surface area (Å²) in [5, 5.41) is 2.60. The van der Waals surface area contributed by atoms with Crippen molar-refractivity contribution in [3.05, 3.63) is 59.4 Å². The van der Waals surface area contributed by atoms with Crippen LogP contribution in [-0.2, 0) is 11.2 Å². The summed E-state index contributed by atoms with van der Waals surface area (Å²) in [5.41, 5.74) is 2.18. The molecule has 0 bridgehead atoms. The third-order valence-corrected chi connectivity index (χ3v) is 3.16. The van der Waals surface area contributed by atoms with Crippen LogP contribution in [0.25, 0.3) is 0 Å². The molecule has 3 nitrogen and oxygen atoms in total. The molecule has 0 radical (unpaired) electrons. The Morgan fingerprint density at radius 1 is 1.19 bits per heavy atom. The number of hydrogen-bond acceptors (Lipinski definition) is 2. The third kappa shape index (κ3) is 4.31. The highest BCUT2D eigenvalue weighted by atomic mass is 19.1. The summed E-state index contributed by atoms with van der Waals surface area (Å²) in [6, 6.07) is 12.2. The van der Waals surface area contributed by atoms with Crippen molar-refractivity contribution in [3.63, 3.8) is 0 Å². The first-order valence-electron chi connectivity index (χ1n) is 6.86. The molecular formula is C17H18FNO2. The molecule has 21 heavy (non-hydrogen) atoms. The molecule has 110 valence electrons. The number of aryl methyl sites for hydroxylation is 2. The molecule has 2 aromatic rings. The van der Waals surface area contributed by atoms with Gasteiger partial charge in [0.25, 0.3) is 5.91 Å². The largest absolute Gasteiger partial charge is 0.484 e. The Morgan fingerprint density at radius 2 is 1.90 bits per heavy atom. The van der Waals surface area contributed by atoms with Crippen LogP contribution in [0.1, 0.15) is 18.1 Å². The molecule has 0 aliphatic rings. The zero-order valence-electron chi connectivity index (χ0n) is 12.2. The molecule has 0 saturated carbocycles. The van der Waals surface area contributed by atoms with Gasteiger partial charge >= 0.3 is 0 Å². The Balaban J connectivity index is 1.87. The number of nitrogens with one attached hydrogen (secondary N) is 1. The summed E-state index contributed by atoms with van der Waals surface area (Å²) < 4.78 is 18.8. The van der Waals surface area contributed by atoms with E-state index in [9.17, 15) is 9.18 Å². The molecule has 2 rings (SSSR count). The van der Waals surface area contributed by atoms with Crippen LogP contribution in [0, 0.1) is 12.7 Å². The SMILES string of the molecule is CCc1ccc(OCC(=O)Nc2ccc(C)c(F)c2)cc1. The van der Waals surface area contributed by atoms with Crippen LogP contribution in [0.2, 0.25) is 0 Å². The molecule has 0 aromatic heterocycles. The van der Waals surface area contributed by atoms with E-state index < -0.39 is 0 Å². The molecule has 0 aliphatic carbocycles. The monoisotopic (exact) mass is 287 g/mol. The lowest BCUT2D eigenvalue weighted by atomic mass is 10.2. The fourth-order valence-corrected chi connectivity index (χ4v) is 1.84. The van der Waals surface area contributed by atoms with Gasteiger partial charge in [-0.2, -0.15) is 0 Å². The average molecular weight is 287 g/mol. The second-order valence-corrected chi connectivity index (χ2v) is 4.80.